The van der Waals surface area contributed by atoms with Crippen LogP contribution in [0.4, 0.5) is 0 Å². The minimum Gasteiger partial charge on any atom is -0.414 e. The lowest BCUT2D eigenvalue weighted by Crippen LogP contribution is -2.48. The molecule has 1 aliphatic heterocycles. The molecule has 2 fully saturated rings. The summed E-state index contributed by atoms with van der Waals surface area (Å²) in [6.07, 6.45) is 6.49. The Labute approximate surface area is 85.6 Å². The molecule has 0 amide bonds. The molecule has 1 heterocycles. The predicted octanol–water partition coefficient (Wildman–Crippen LogP) is 1.95. The third-order valence-corrected chi connectivity index (χ3v) is 3.59. The van der Waals surface area contributed by atoms with E-state index in [0.29, 0.717) is 11.5 Å². The van der Waals surface area contributed by atoms with Crippen molar-refractivity contribution in [3.8, 4) is 0 Å². The fraction of sp³-hybridized carbons (Fsp3) is 0.818. The molecule has 0 aromatic rings. The topological polar surface area (TPSA) is 21.7 Å². The van der Waals surface area contributed by atoms with Crippen molar-refractivity contribution in [1.29, 1.82) is 0 Å². The van der Waals surface area contributed by atoms with Crippen LogP contribution >= 0.6 is 0 Å². The van der Waals surface area contributed by atoms with Gasteiger partial charge in [-0.15, -0.1) is 5.06 Å². The Hall–Kier alpha value is -0.540. The summed E-state index contributed by atoms with van der Waals surface area (Å²) in [7, 11) is 1.99. The highest BCUT2D eigenvalue weighted by Crippen LogP contribution is 2.43. The summed E-state index contributed by atoms with van der Waals surface area (Å²) < 4.78 is 5.30. The molecule has 0 bridgehead atoms. The Morgan fingerprint density at radius 3 is 2.50 bits per heavy atom. The van der Waals surface area contributed by atoms with E-state index in [4.69, 9.17) is 9.57 Å². The van der Waals surface area contributed by atoms with E-state index >= 15 is 0 Å². The van der Waals surface area contributed by atoms with Crippen LogP contribution in [0, 0.1) is 5.41 Å². The van der Waals surface area contributed by atoms with Crippen molar-refractivity contribution in [3.05, 3.63) is 12.8 Å². The number of rotatable bonds is 3. The first-order chi connectivity index (χ1) is 6.76. The minimum absolute atomic E-state index is 0.533. The van der Waals surface area contributed by atoms with Crippen molar-refractivity contribution < 1.29 is 9.57 Å². The largest absolute Gasteiger partial charge is 0.414 e. The van der Waals surface area contributed by atoms with Crippen LogP contribution in [-0.2, 0) is 9.57 Å². The maximum absolute atomic E-state index is 5.30. The van der Waals surface area contributed by atoms with Gasteiger partial charge in [0.2, 0.25) is 0 Å². The third-order valence-electron chi connectivity index (χ3n) is 3.59. The average Bonchev–Trinajstić information content (AvgIpc) is 2.16. The lowest BCUT2D eigenvalue weighted by atomic mass is 9.71. The van der Waals surface area contributed by atoms with Crippen LogP contribution in [0.15, 0.2) is 12.8 Å². The van der Waals surface area contributed by atoms with E-state index in [0.717, 1.165) is 13.2 Å². The first-order valence-electron chi connectivity index (χ1n) is 5.34. The van der Waals surface area contributed by atoms with E-state index in [2.05, 4.69) is 6.58 Å². The number of nitrogens with zero attached hydrogens (tertiary/aromatic N) is 1. The van der Waals surface area contributed by atoms with Gasteiger partial charge in [-0.2, -0.15) is 0 Å². The van der Waals surface area contributed by atoms with Crippen LogP contribution in [0.2, 0.25) is 0 Å². The third kappa shape index (κ3) is 1.79. The molecule has 2 rings (SSSR count). The molecule has 0 radical (unpaired) electrons. The molecule has 2 aliphatic rings. The maximum atomic E-state index is 5.30. The molecule has 1 saturated carbocycles. The lowest BCUT2D eigenvalue weighted by Gasteiger charge is -2.47. The Morgan fingerprint density at radius 2 is 2.07 bits per heavy atom. The molecule has 0 aromatic heterocycles. The summed E-state index contributed by atoms with van der Waals surface area (Å²) >= 11 is 0. The van der Waals surface area contributed by atoms with Crippen LogP contribution in [-0.4, -0.2) is 31.4 Å². The highest BCUT2D eigenvalue weighted by atomic mass is 16.7. The van der Waals surface area contributed by atoms with Crippen molar-refractivity contribution in [2.75, 3.05) is 20.3 Å². The normalized spacial score (nSPS) is 26.1. The van der Waals surface area contributed by atoms with E-state index < -0.39 is 0 Å². The van der Waals surface area contributed by atoms with Crippen molar-refractivity contribution in [1.82, 2.24) is 5.06 Å². The van der Waals surface area contributed by atoms with E-state index in [1.807, 2.05) is 12.1 Å². The molecule has 0 N–H and O–H groups in total. The molecule has 3 heteroatoms. The molecule has 0 atom stereocenters. The maximum Gasteiger partial charge on any atom is 0.104 e. The van der Waals surface area contributed by atoms with Gasteiger partial charge in [-0.1, -0.05) is 6.58 Å². The van der Waals surface area contributed by atoms with Crippen molar-refractivity contribution in [3.63, 3.8) is 0 Å². The molecule has 80 valence electrons. The molecule has 1 saturated heterocycles. The summed E-state index contributed by atoms with van der Waals surface area (Å²) in [5, 5.41) is 1.93. The monoisotopic (exact) mass is 197 g/mol. The van der Waals surface area contributed by atoms with Crippen molar-refractivity contribution in [2.24, 2.45) is 5.41 Å². The number of hydroxylamine groups is 2. The van der Waals surface area contributed by atoms with E-state index in [-0.39, 0.29) is 0 Å². The van der Waals surface area contributed by atoms with Crippen molar-refractivity contribution >= 4 is 0 Å². The fourth-order valence-electron chi connectivity index (χ4n) is 2.46. The number of ether oxygens (including phenoxy) is 1. The molecule has 1 spiro atoms. The predicted molar refractivity (Wildman–Crippen MR) is 54.6 cm³/mol. The van der Waals surface area contributed by atoms with Gasteiger partial charge < -0.3 is 9.57 Å². The SMILES string of the molecule is C=CON(C)C1CCC2(CC1)COC2. The smallest absolute Gasteiger partial charge is 0.104 e. The zero-order chi connectivity index (χ0) is 10.0. The second kappa shape index (κ2) is 3.91. The summed E-state index contributed by atoms with van der Waals surface area (Å²) in [5.74, 6) is 0. The Kier molecular flexibility index (Phi) is 2.79. The second-order valence-electron chi connectivity index (χ2n) is 4.54. The van der Waals surface area contributed by atoms with E-state index in [1.54, 1.807) is 0 Å². The number of hydrogen-bond donors (Lipinski definition) is 0. The van der Waals surface area contributed by atoms with Crippen LogP contribution in [0.3, 0.4) is 0 Å². The fourth-order valence-corrected chi connectivity index (χ4v) is 2.46. The Morgan fingerprint density at radius 1 is 1.43 bits per heavy atom. The van der Waals surface area contributed by atoms with Crippen LogP contribution in [0.1, 0.15) is 25.7 Å². The van der Waals surface area contributed by atoms with Crippen molar-refractivity contribution in [2.45, 2.75) is 31.7 Å². The standard InChI is InChI=1S/C11H19NO2/c1-3-14-12(2)10-4-6-11(7-5-10)8-13-9-11/h3,10H,1,4-9H2,2H3. The zero-order valence-electron chi connectivity index (χ0n) is 8.87. The first-order valence-corrected chi connectivity index (χ1v) is 5.34. The molecule has 0 unspecified atom stereocenters. The Balaban J connectivity index is 1.80. The minimum atomic E-state index is 0.533. The molecular formula is C11H19NO2. The second-order valence-corrected chi connectivity index (χ2v) is 4.54. The number of hydrogen-bond acceptors (Lipinski definition) is 3. The molecule has 1 aliphatic carbocycles. The van der Waals surface area contributed by atoms with Gasteiger partial charge in [0.25, 0.3) is 0 Å². The Bertz CT molecular complexity index is 203. The average molecular weight is 197 g/mol. The summed E-state index contributed by atoms with van der Waals surface area (Å²) in [6, 6.07) is 0.555. The van der Waals surface area contributed by atoms with Gasteiger partial charge in [0, 0.05) is 18.5 Å². The van der Waals surface area contributed by atoms with Crippen LogP contribution < -0.4 is 0 Å². The molecular weight excluding hydrogens is 178 g/mol. The molecule has 14 heavy (non-hydrogen) atoms. The summed E-state index contributed by atoms with van der Waals surface area (Å²) in [5.41, 5.74) is 0.533. The quantitative estimate of drug-likeness (QED) is 0.510. The van der Waals surface area contributed by atoms with Gasteiger partial charge in [-0.25, -0.2) is 0 Å². The van der Waals surface area contributed by atoms with Gasteiger partial charge in [0.05, 0.1) is 13.2 Å². The highest BCUT2D eigenvalue weighted by molar-refractivity contribution is 4.91. The first kappa shape index (κ1) is 9.99. The van der Waals surface area contributed by atoms with Crippen LogP contribution in [0.25, 0.3) is 0 Å². The zero-order valence-corrected chi connectivity index (χ0v) is 8.87. The lowest BCUT2D eigenvalue weighted by molar-refractivity contribution is -0.169. The van der Waals surface area contributed by atoms with Gasteiger partial charge in [-0.05, 0) is 25.7 Å². The molecule has 3 nitrogen and oxygen atoms in total. The van der Waals surface area contributed by atoms with Gasteiger partial charge in [-0.3, -0.25) is 0 Å². The van der Waals surface area contributed by atoms with Gasteiger partial charge >= 0.3 is 0 Å². The summed E-state index contributed by atoms with van der Waals surface area (Å²) in [6.45, 7) is 5.52. The van der Waals surface area contributed by atoms with Gasteiger partial charge in [0.15, 0.2) is 0 Å². The van der Waals surface area contributed by atoms with Gasteiger partial charge in [0.1, 0.15) is 6.26 Å². The van der Waals surface area contributed by atoms with E-state index in [1.165, 1.54) is 31.9 Å². The highest BCUT2D eigenvalue weighted by Gasteiger charge is 2.42. The summed E-state index contributed by atoms with van der Waals surface area (Å²) in [4.78, 5) is 5.27. The van der Waals surface area contributed by atoms with E-state index in [9.17, 15) is 0 Å². The molecule has 0 aromatic carbocycles. The van der Waals surface area contributed by atoms with Crippen LogP contribution in [0.5, 0.6) is 0 Å².